The number of aromatic nitrogens is 3. The quantitative estimate of drug-likeness (QED) is 0.470. The number of piperidine rings is 1. The third kappa shape index (κ3) is 6.67. The number of anilines is 3. The number of carbonyl (C=O) groups excluding carboxylic acids is 1. The molecule has 13 heteroatoms. The van der Waals surface area contributed by atoms with E-state index in [1.54, 1.807) is 31.2 Å². The van der Waals surface area contributed by atoms with Crippen molar-refractivity contribution in [3.63, 3.8) is 0 Å². The van der Waals surface area contributed by atoms with Gasteiger partial charge in [0.2, 0.25) is 5.88 Å². The lowest BCUT2D eigenvalue weighted by atomic mass is 10.1. The Balaban J connectivity index is 1.37. The van der Waals surface area contributed by atoms with Gasteiger partial charge in [-0.15, -0.1) is 0 Å². The second kappa shape index (κ2) is 10.9. The van der Waals surface area contributed by atoms with Crippen LogP contribution in [-0.4, -0.2) is 57.1 Å². The molecule has 1 unspecified atom stereocenters. The number of alkyl halides is 3. The molecule has 0 aliphatic carbocycles. The summed E-state index contributed by atoms with van der Waals surface area (Å²) in [6, 6.07) is 8.41. The number of hydrogen-bond donors (Lipinski definition) is 2. The topological polar surface area (TPSA) is 116 Å². The van der Waals surface area contributed by atoms with Gasteiger partial charge in [-0.3, -0.25) is 9.69 Å². The molecule has 3 aromatic heterocycles. The number of halogens is 3. The number of nitrogens with one attached hydrogen (secondary N) is 2. The van der Waals surface area contributed by atoms with Crippen LogP contribution in [0.5, 0.6) is 5.88 Å². The van der Waals surface area contributed by atoms with Crippen molar-refractivity contribution in [2.45, 2.75) is 32.0 Å². The molecule has 4 rings (SSSR count). The predicted octanol–water partition coefficient (Wildman–Crippen LogP) is 4.51. The Kier molecular flexibility index (Phi) is 7.66. The lowest BCUT2D eigenvalue weighted by Gasteiger charge is -2.32. The Morgan fingerprint density at radius 1 is 1.28 bits per heavy atom. The predicted molar refractivity (Wildman–Crippen MR) is 127 cm³/mol. The van der Waals surface area contributed by atoms with Crippen molar-refractivity contribution in [3.8, 4) is 11.9 Å². The van der Waals surface area contributed by atoms with Crippen LogP contribution < -0.4 is 15.4 Å². The van der Waals surface area contributed by atoms with Crippen LogP contribution in [-0.2, 0) is 0 Å². The number of nitrogens with zero attached hydrogens (tertiary/aromatic N) is 5. The van der Waals surface area contributed by atoms with E-state index in [0.29, 0.717) is 52.7 Å². The Labute approximate surface area is 209 Å². The highest BCUT2D eigenvalue weighted by Gasteiger charge is 2.33. The Morgan fingerprint density at radius 3 is 2.78 bits per heavy atom. The lowest BCUT2D eigenvalue weighted by molar-refractivity contribution is -0.150. The van der Waals surface area contributed by atoms with Gasteiger partial charge < -0.3 is 15.4 Å². The van der Waals surface area contributed by atoms with Crippen molar-refractivity contribution in [3.05, 3.63) is 53.5 Å². The van der Waals surface area contributed by atoms with Crippen molar-refractivity contribution < 1.29 is 22.7 Å². The largest absolute Gasteiger partial charge is 0.473 e. The fraction of sp³-hybridized carbons (Fsp3) is 0.348. The molecular formula is C23H22F3N7O2S. The fourth-order valence-corrected chi connectivity index (χ4v) is 4.57. The van der Waals surface area contributed by atoms with Gasteiger partial charge in [0.05, 0.1) is 35.2 Å². The van der Waals surface area contributed by atoms with E-state index in [9.17, 15) is 18.0 Å². The highest BCUT2D eigenvalue weighted by Crippen LogP contribution is 2.29. The number of carbonyl (C=O) groups is 1. The number of rotatable bonds is 7. The average Bonchev–Trinajstić information content (AvgIpc) is 3.20. The van der Waals surface area contributed by atoms with E-state index in [2.05, 4.69) is 25.0 Å². The zero-order chi connectivity index (χ0) is 25.7. The van der Waals surface area contributed by atoms with Crippen LogP contribution in [0.2, 0.25) is 0 Å². The molecule has 1 atom stereocenters. The molecule has 0 aromatic carbocycles. The maximum atomic E-state index is 13.0. The zero-order valence-electron chi connectivity index (χ0n) is 19.2. The van der Waals surface area contributed by atoms with Crippen molar-refractivity contribution in [1.82, 2.24) is 19.2 Å². The molecule has 1 amide bonds. The minimum absolute atomic E-state index is 0.175. The molecule has 9 nitrogen and oxygen atoms in total. The molecule has 1 aliphatic heterocycles. The standard InChI is InChI=1S/C23H22F3N7O2S/c1-14-20(22(36-32-14)31-18-6-4-15(9-27)10-28-18)21(34)30-16-5-7-19(29-11-16)35-17-3-2-8-33(12-17)13-23(24,25)26/h4-7,10-11,17H,2-3,8,12-13H2,1H3,(H,28,31)(H,30,34). The van der Waals surface area contributed by atoms with Gasteiger partial charge in [-0.25, -0.2) is 9.97 Å². The second-order valence-corrected chi connectivity index (χ2v) is 8.99. The highest BCUT2D eigenvalue weighted by atomic mass is 32.1. The van der Waals surface area contributed by atoms with Gasteiger partial charge in [0.1, 0.15) is 23.0 Å². The van der Waals surface area contributed by atoms with Crippen LogP contribution >= 0.6 is 11.5 Å². The van der Waals surface area contributed by atoms with E-state index in [4.69, 9.17) is 10.00 Å². The van der Waals surface area contributed by atoms with Crippen molar-refractivity contribution in [1.29, 1.82) is 5.26 Å². The number of amides is 1. The summed E-state index contributed by atoms with van der Waals surface area (Å²) in [5, 5.41) is 15.2. The normalized spacial score (nSPS) is 16.2. The molecule has 0 radical (unpaired) electrons. The smallest absolute Gasteiger partial charge is 0.401 e. The Hall–Kier alpha value is -3.76. The minimum atomic E-state index is -4.25. The summed E-state index contributed by atoms with van der Waals surface area (Å²) in [6.45, 7) is 1.31. The first-order valence-corrected chi connectivity index (χ1v) is 11.8. The number of aryl methyl sites for hydroxylation is 1. The molecule has 2 N–H and O–H groups in total. The van der Waals surface area contributed by atoms with Gasteiger partial charge in [0, 0.05) is 18.8 Å². The molecule has 4 heterocycles. The van der Waals surface area contributed by atoms with Gasteiger partial charge in [0.15, 0.2) is 0 Å². The Morgan fingerprint density at radius 2 is 2.11 bits per heavy atom. The van der Waals surface area contributed by atoms with Crippen LogP contribution in [0, 0.1) is 18.3 Å². The minimum Gasteiger partial charge on any atom is -0.473 e. The van der Waals surface area contributed by atoms with E-state index < -0.39 is 24.7 Å². The van der Waals surface area contributed by atoms with Crippen LogP contribution in [0.1, 0.15) is 34.5 Å². The van der Waals surface area contributed by atoms with Crippen molar-refractivity contribution in [2.75, 3.05) is 30.3 Å². The highest BCUT2D eigenvalue weighted by molar-refractivity contribution is 7.10. The molecule has 1 fully saturated rings. The second-order valence-electron chi connectivity index (χ2n) is 8.21. The third-order valence-corrected chi connectivity index (χ3v) is 6.22. The maximum Gasteiger partial charge on any atom is 0.401 e. The SMILES string of the molecule is Cc1nsc(Nc2ccc(C#N)cn2)c1C(=O)Nc1ccc(OC2CCCN(CC(F)(F)F)C2)nc1. The summed E-state index contributed by atoms with van der Waals surface area (Å²) in [6.07, 6.45) is -0.539. The van der Waals surface area contributed by atoms with Crippen LogP contribution in [0.4, 0.5) is 29.7 Å². The first-order valence-electron chi connectivity index (χ1n) is 11.0. The summed E-state index contributed by atoms with van der Waals surface area (Å²) in [5.74, 6) is 0.337. The van der Waals surface area contributed by atoms with Gasteiger partial charge in [-0.1, -0.05) is 0 Å². The van der Waals surface area contributed by atoms with Gasteiger partial charge in [0.25, 0.3) is 5.91 Å². The lowest BCUT2D eigenvalue weighted by Crippen LogP contribution is -2.45. The molecule has 3 aromatic rings. The van der Waals surface area contributed by atoms with Gasteiger partial charge in [-0.05, 0) is 56.0 Å². The van der Waals surface area contributed by atoms with E-state index in [1.165, 1.54) is 17.3 Å². The zero-order valence-corrected chi connectivity index (χ0v) is 20.0. The summed E-state index contributed by atoms with van der Waals surface area (Å²) < 4.78 is 48.1. The number of hydrogen-bond acceptors (Lipinski definition) is 9. The van der Waals surface area contributed by atoms with Gasteiger partial charge in [-0.2, -0.15) is 22.8 Å². The van der Waals surface area contributed by atoms with Crippen molar-refractivity contribution in [2.24, 2.45) is 0 Å². The molecule has 1 saturated heterocycles. The molecule has 1 aliphatic rings. The van der Waals surface area contributed by atoms with Crippen molar-refractivity contribution >= 4 is 33.9 Å². The van der Waals surface area contributed by atoms with Crippen LogP contribution in [0.3, 0.4) is 0 Å². The average molecular weight is 518 g/mol. The summed E-state index contributed by atoms with van der Waals surface area (Å²) in [4.78, 5) is 22.6. The summed E-state index contributed by atoms with van der Waals surface area (Å²) in [5.41, 5.74) is 1.71. The van der Waals surface area contributed by atoms with E-state index in [0.717, 1.165) is 11.5 Å². The summed E-state index contributed by atoms with van der Waals surface area (Å²) >= 11 is 1.11. The monoisotopic (exact) mass is 517 g/mol. The van der Waals surface area contributed by atoms with E-state index in [1.807, 2.05) is 6.07 Å². The van der Waals surface area contributed by atoms with Crippen LogP contribution in [0.15, 0.2) is 36.7 Å². The van der Waals surface area contributed by atoms with Crippen LogP contribution in [0.25, 0.3) is 0 Å². The number of ether oxygens (including phenoxy) is 1. The maximum absolute atomic E-state index is 13.0. The number of pyridine rings is 2. The molecule has 36 heavy (non-hydrogen) atoms. The molecule has 0 bridgehead atoms. The fourth-order valence-electron chi connectivity index (χ4n) is 3.77. The Bertz CT molecular complexity index is 1240. The molecular weight excluding hydrogens is 495 g/mol. The first-order chi connectivity index (χ1) is 17.2. The number of likely N-dealkylation sites (tertiary alicyclic amines) is 1. The van der Waals surface area contributed by atoms with E-state index >= 15 is 0 Å². The van der Waals surface area contributed by atoms with E-state index in [-0.39, 0.29) is 12.4 Å². The molecule has 0 spiro atoms. The molecule has 0 saturated carbocycles. The van der Waals surface area contributed by atoms with Gasteiger partial charge >= 0.3 is 6.18 Å². The molecule has 188 valence electrons. The number of nitriles is 1. The first kappa shape index (κ1) is 25.3. The summed E-state index contributed by atoms with van der Waals surface area (Å²) in [7, 11) is 0. The third-order valence-electron chi connectivity index (χ3n) is 5.37.